The molecule has 2 aromatic heterocycles. The SMILES string of the molecule is CC(C)n1c(C=C2C(=O)c3cc4ccccc4cc3C2=O)cc2sc(-c3ccccc3)nc21. The summed E-state index contributed by atoms with van der Waals surface area (Å²) < 4.78 is 3.14. The van der Waals surface area contributed by atoms with Gasteiger partial charge in [0.2, 0.25) is 0 Å². The molecule has 0 unspecified atom stereocenters. The van der Waals surface area contributed by atoms with Crippen molar-refractivity contribution in [3.05, 3.63) is 95.2 Å². The number of thiazole rings is 1. The fourth-order valence-corrected chi connectivity index (χ4v) is 5.57. The third-order valence-corrected chi connectivity index (χ3v) is 7.15. The number of hydrogen-bond donors (Lipinski definition) is 0. The van der Waals surface area contributed by atoms with Gasteiger partial charge < -0.3 is 4.57 Å². The van der Waals surface area contributed by atoms with E-state index >= 15 is 0 Å². The van der Waals surface area contributed by atoms with E-state index in [2.05, 4.69) is 30.5 Å². The van der Waals surface area contributed by atoms with Gasteiger partial charge in [0.1, 0.15) is 5.01 Å². The van der Waals surface area contributed by atoms with E-state index in [1.165, 1.54) is 0 Å². The van der Waals surface area contributed by atoms with E-state index < -0.39 is 0 Å². The zero-order chi connectivity index (χ0) is 22.7. The lowest BCUT2D eigenvalue weighted by molar-refractivity contribution is 0.0990. The molecule has 1 aliphatic carbocycles. The highest BCUT2D eigenvalue weighted by Crippen LogP contribution is 2.36. The number of carbonyl (C=O) groups is 2. The number of fused-ring (bicyclic) bond motifs is 3. The molecule has 0 saturated heterocycles. The largest absolute Gasteiger partial charge is 0.323 e. The second-order valence-corrected chi connectivity index (χ2v) is 9.60. The van der Waals surface area contributed by atoms with E-state index in [4.69, 9.17) is 4.98 Å². The number of aromatic nitrogens is 2. The first kappa shape index (κ1) is 19.8. The third-order valence-electron chi connectivity index (χ3n) is 6.11. The maximum atomic E-state index is 13.2. The van der Waals surface area contributed by atoms with Crippen molar-refractivity contribution in [2.24, 2.45) is 0 Å². The fourth-order valence-electron chi connectivity index (χ4n) is 4.56. The molecule has 5 aromatic rings. The van der Waals surface area contributed by atoms with Crippen LogP contribution in [0.4, 0.5) is 0 Å². The number of hydrogen-bond acceptors (Lipinski definition) is 4. The van der Waals surface area contributed by atoms with E-state index in [-0.39, 0.29) is 23.2 Å². The smallest absolute Gasteiger partial charge is 0.197 e. The van der Waals surface area contributed by atoms with Crippen molar-refractivity contribution in [1.29, 1.82) is 0 Å². The van der Waals surface area contributed by atoms with Crippen molar-refractivity contribution in [2.75, 3.05) is 0 Å². The van der Waals surface area contributed by atoms with Gasteiger partial charge in [0, 0.05) is 28.4 Å². The van der Waals surface area contributed by atoms with Crippen LogP contribution in [0.2, 0.25) is 0 Å². The molecule has 0 amide bonds. The Kier molecular flexibility index (Phi) is 4.42. The van der Waals surface area contributed by atoms with Gasteiger partial charge >= 0.3 is 0 Å². The highest BCUT2D eigenvalue weighted by atomic mass is 32.1. The van der Waals surface area contributed by atoms with Gasteiger partial charge in [0.05, 0.1) is 10.3 Å². The summed E-state index contributed by atoms with van der Waals surface area (Å²) in [5.74, 6) is -0.419. The highest BCUT2D eigenvalue weighted by molar-refractivity contribution is 7.21. The molecule has 0 saturated carbocycles. The average Bonchev–Trinajstić information content (AvgIpc) is 3.44. The highest BCUT2D eigenvalue weighted by Gasteiger charge is 2.34. The van der Waals surface area contributed by atoms with Gasteiger partial charge in [-0.15, -0.1) is 11.3 Å². The normalized spacial score (nSPS) is 13.5. The van der Waals surface area contributed by atoms with E-state index in [0.29, 0.717) is 11.1 Å². The van der Waals surface area contributed by atoms with Gasteiger partial charge in [0.25, 0.3) is 0 Å². The zero-order valence-corrected chi connectivity index (χ0v) is 19.0. The molecule has 2 heterocycles. The molecule has 1 aliphatic rings. The monoisotopic (exact) mass is 448 g/mol. The maximum absolute atomic E-state index is 13.2. The summed E-state index contributed by atoms with van der Waals surface area (Å²) in [7, 11) is 0. The predicted molar refractivity (Wildman–Crippen MR) is 134 cm³/mol. The molecule has 0 N–H and O–H groups in total. The van der Waals surface area contributed by atoms with Crippen molar-refractivity contribution >= 4 is 50.1 Å². The van der Waals surface area contributed by atoms with Crippen LogP contribution in [0.15, 0.2) is 78.4 Å². The predicted octanol–water partition coefficient (Wildman–Crippen LogP) is 6.96. The van der Waals surface area contributed by atoms with Crippen LogP contribution in [-0.4, -0.2) is 21.1 Å². The zero-order valence-electron chi connectivity index (χ0n) is 18.2. The summed E-state index contributed by atoms with van der Waals surface area (Å²) in [6.45, 7) is 4.17. The summed E-state index contributed by atoms with van der Waals surface area (Å²) in [6, 6.07) is 23.7. The van der Waals surface area contributed by atoms with E-state index in [0.717, 1.165) is 37.4 Å². The molecule has 0 spiro atoms. The Morgan fingerprint density at radius 1 is 0.848 bits per heavy atom. The lowest BCUT2D eigenvalue weighted by Crippen LogP contribution is -2.06. The van der Waals surface area contributed by atoms with Crippen molar-refractivity contribution in [3.63, 3.8) is 0 Å². The third kappa shape index (κ3) is 3.08. The van der Waals surface area contributed by atoms with Gasteiger partial charge in [-0.3, -0.25) is 9.59 Å². The molecule has 4 nitrogen and oxygen atoms in total. The van der Waals surface area contributed by atoms with Crippen molar-refractivity contribution in [1.82, 2.24) is 9.55 Å². The number of allylic oxidation sites excluding steroid dienone is 1. The van der Waals surface area contributed by atoms with Crippen molar-refractivity contribution in [3.8, 4) is 10.6 Å². The maximum Gasteiger partial charge on any atom is 0.197 e. The van der Waals surface area contributed by atoms with Gasteiger partial charge in [-0.2, -0.15) is 0 Å². The van der Waals surface area contributed by atoms with Crippen LogP contribution in [0.25, 0.3) is 37.8 Å². The first-order valence-corrected chi connectivity index (χ1v) is 11.7. The molecule has 3 aromatic carbocycles. The summed E-state index contributed by atoms with van der Waals surface area (Å²) in [4.78, 5) is 31.3. The number of Topliss-reactive ketones (excluding diaryl/α,β-unsaturated/α-hetero) is 2. The number of benzene rings is 3. The second kappa shape index (κ2) is 7.36. The Morgan fingerprint density at radius 2 is 1.45 bits per heavy atom. The minimum absolute atomic E-state index is 0.122. The Morgan fingerprint density at radius 3 is 2.06 bits per heavy atom. The molecular weight excluding hydrogens is 428 g/mol. The van der Waals surface area contributed by atoms with Crippen LogP contribution in [-0.2, 0) is 0 Å². The van der Waals surface area contributed by atoms with Crippen molar-refractivity contribution < 1.29 is 9.59 Å². The Bertz CT molecular complexity index is 1560. The summed E-state index contributed by atoms with van der Waals surface area (Å²) in [5.41, 5.74) is 3.97. The van der Waals surface area contributed by atoms with Crippen LogP contribution in [0.1, 0.15) is 46.3 Å². The molecule has 160 valence electrons. The molecule has 0 bridgehead atoms. The Hall–Kier alpha value is -3.83. The van der Waals surface area contributed by atoms with Gasteiger partial charge in [-0.05, 0) is 48.9 Å². The van der Waals surface area contributed by atoms with Crippen LogP contribution in [0.3, 0.4) is 0 Å². The van der Waals surface area contributed by atoms with E-state index in [1.54, 1.807) is 17.4 Å². The van der Waals surface area contributed by atoms with Gasteiger partial charge in [-0.25, -0.2) is 4.98 Å². The topological polar surface area (TPSA) is 52.0 Å². The van der Waals surface area contributed by atoms with Gasteiger partial charge in [-0.1, -0.05) is 54.6 Å². The molecule has 33 heavy (non-hydrogen) atoms. The lowest BCUT2D eigenvalue weighted by Gasteiger charge is -2.11. The minimum Gasteiger partial charge on any atom is -0.323 e. The number of nitrogens with zero attached hydrogens (tertiary/aromatic N) is 2. The average molecular weight is 449 g/mol. The first-order chi connectivity index (χ1) is 16.0. The Balaban J connectivity index is 1.47. The molecule has 0 aliphatic heterocycles. The molecular formula is C28H20N2O2S. The van der Waals surface area contributed by atoms with E-state index in [1.807, 2.05) is 60.7 Å². The first-order valence-electron chi connectivity index (χ1n) is 10.9. The number of ketones is 2. The summed E-state index contributed by atoms with van der Waals surface area (Å²) >= 11 is 1.62. The van der Waals surface area contributed by atoms with Crippen LogP contribution in [0.5, 0.6) is 0 Å². The number of carbonyl (C=O) groups excluding carboxylic acids is 2. The minimum atomic E-state index is -0.210. The Labute approximate surface area is 194 Å². The lowest BCUT2D eigenvalue weighted by atomic mass is 10.0. The summed E-state index contributed by atoms with van der Waals surface area (Å²) in [6.07, 6.45) is 1.74. The van der Waals surface area contributed by atoms with Crippen molar-refractivity contribution in [2.45, 2.75) is 19.9 Å². The second-order valence-electron chi connectivity index (χ2n) is 8.57. The molecule has 0 radical (unpaired) electrons. The molecule has 0 atom stereocenters. The van der Waals surface area contributed by atoms with Gasteiger partial charge in [0.15, 0.2) is 17.2 Å². The quantitative estimate of drug-likeness (QED) is 0.221. The fraction of sp³-hybridized carbons (Fsp3) is 0.107. The van der Waals surface area contributed by atoms with E-state index in [9.17, 15) is 9.59 Å². The molecule has 6 rings (SSSR count). The standard InChI is InChI=1S/C28H20N2O2S/c1-16(2)30-20(15-24-27(30)29-28(33-24)17-8-4-3-5-9-17)14-23-25(31)21-12-18-10-6-7-11-19(18)13-22(21)26(23)32/h3-16H,1-2H3. The summed E-state index contributed by atoms with van der Waals surface area (Å²) in [5, 5.41) is 2.88. The van der Waals surface area contributed by atoms with Crippen LogP contribution >= 0.6 is 11.3 Å². The van der Waals surface area contributed by atoms with Crippen LogP contribution in [0, 0.1) is 0 Å². The van der Waals surface area contributed by atoms with Crippen LogP contribution < -0.4 is 0 Å². The molecule has 0 fully saturated rings. The molecule has 5 heteroatoms. The number of rotatable bonds is 3.